The van der Waals surface area contributed by atoms with Gasteiger partial charge in [0.2, 0.25) is 5.91 Å². The van der Waals surface area contributed by atoms with E-state index in [-0.39, 0.29) is 5.91 Å². The van der Waals surface area contributed by atoms with E-state index >= 15 is 0 Å². The molecule has 8 nitrogen and oxygen atoms in total. The van der Waals surface area contributed by atoms with E-state index in [1.54, 1.807) is 12.0 Å². The number of fused-ring (bicyclic) bond motifs is 1. The Kier molecular flexibility index (Phi) is 5.94. The predicted molar refractivity (Wildman–Crippen MR) is 111 cm³/mol. The number of rotatable bonds is 8. The summed E-state index contributed by atoms with van der Waals surface area (Å²) >= 11 is 0. The first kappa shape index (κ1) is 20.3. The molecule has 0 bridgehead atoms. The van der Waals surface area contributed by atoms with Crippen LogP contribution in [0.2, 0.25) is 0 Å². The van der Waals surface area contributed by atoms with E-state index in [4.69, 9.17) is 9.26 Å². The fourth-order valence-electron chi connectivity index (χ4n) is 3.83. The summed E-state index contributed by atoms with van der Waals surface area (Å²) in [6.07, 6.45) is 1.35. The van der Waals surface area contributed by atoms with Crippen molar-refractivity contribution in [2.45, 2.75) is 39.3 Å². The molecule has 0 radical (unpaired) electrons. The number of methoxy groups -OCH3 is 1. The van der Waals surface area contributed by atoms with Crippen molar-refractivity contribution in [3.05, 3.63) is 53.5 Å². The SMILES string of the molecule is COCCN1Cc2nnc(-c3cc(CC(C)C)on3)n2[C@H](Cc2ccccc2)C1=O. The van der Waals surface area contributed by atoms with Crippen LogP contribution in [0, 0.1) is 5.92 Å². The van der Waals surface area contributed by atoms with Crippen molar-refractivity contribution in [2.75, 3.05) is 20.3 Å². The maximum Gasteiger partial charge on any atom is 0.246 e. The Morgan fingerprint density at radius 3 is 2.77 bits per heavy atom. The van der Waals surface area contributed by atoms with Crippen molar-refractivity contribution in [3.8, 4) is 11.5 Å². The van der Waals surface area contributed by atoms with Gasteiger partial charge in [0.05, 0.1) is 13.2 Å². The van der Waals surface area contributed by atoms with Crippen LogP contribution in [0.3, 0.4) is 0 Å². The van der Waals surface area contributed by atoms with Crippen LogP contribution in [-0.2, 0) is 28.9 Å². The molecule has 0 saturated carbocycles. The first-order valence-corrected chi connectivity index (χ1v) is 10.3. The standard InChI is InChI=1S/C22H27N5O3/c1-15(2)11-17-13-18(25-30-17)21-24-23-20-14-26(9-10-29-3)22(28)19(27(20)21)12-16-7-5-4-6-8-16/h4-8,13,15,19H,9-12,14H2,1-3H3/t19-/m1/s1. The van der Waals surface area contributed by atoms with Crippen LogP contribution < -0.4 is 0 Å². The van der Waals surface area contributed by atoms with E-state index in [9.17, 15) is 4.79 Å². The third kappa shape index (κ3) is 4.14. The molecule has 0 spiro atoms. The van der Waals surface area contributed by atoms with E-state index < -0.39 is 6.04 Å². The van der Waals surface area contributed by atoms with Crippen LogP contribution >= 0.6 is 0 Å². The minimum absolute atomic E-state index is 0.0374. The Bertz CT molecular complexity index is 995. The highest BCUT2D eigenvalue weighted by atomic mass is 16.5. The Morgan fingerprint density at radius 1 is 1.23 bits per heavy atom. The molecule has 3 aromatic rings. The quantitative estimate of drug-likeness (QED) is 0.569. The van der Waals surface area contributed by atoms with Crippen LogP contribution in [0.5, 0.6) is 0 Å². The fraction of sp³-hybridized carbons (Fsp3) is 0.455. The maximum absolute atomic E-state index is 13.4. The van der Waals surface area contributed by atoms with Crippen molar-refractivity contribution in [3.63, 3.8) is 0 Å². The van der Waals surface area contributed by atoms with Crippen LogP contribution in [0.25, 0.3) is 11.5 Å². The van der Waals surface area contributed by atoms with E-state index in [0.717, 1.165) is 23.6 Å². The minimum Gasteiger partial charge on any atom is -0.383 e. The lowest BCUT2D eigenvalue weighted by molar-refractivity contribution is -0.138. The number of hydrogen-bond acceptors (Lipinski definition) is 6. The molecular weight excluding hydrogens is 382 g/mol. The van der Waals surface area contributed by atoms with Crippen molar-refractivity contribution in [1.29, 1.82) is 0 Å². The summed E-state index contributed by atoms with van der Waals surface area (Å²) in [6, 6.07) is 11.5. The van der Waals surface area contributed by atoms with Crippen LogP contribution in [0.4, 0.5) is 0 Å². The van der Waals surface area contributed by atoms with Crippen LogP contribution in [0.15, 0.2) is 40.9 Å². The summed E-state index contributed by atoms with van der Waals surface area (Å²) in [5.74, 6) is 2.62. The van der Waals surface area contributed by atoms with Crippen molar-refractivity contribution >= 4 is 5.91 Å². The lowest BCUT2D eigenvalue weighted by Gasteiger charge is -2.33. The fourth-order valence-corrected chi connectivity index (χ4v) is 3.83. The van der Waals surface area contributed by atoms with Gasteiger partial charge in [-0.15, -0.1) is 10.2 Å². The first-order valence-electron chi connectivity index (χ1n) is 10.3. The highest BCUT2D eigenvalue weighted by Gasteiger charge is 2.36. The van der Waals surface area contributed by atoms with E-state index in [0.29, 0.717) is 43.6 Å². The second-order valence-corrected chi connectivity index (χ2v) is 8.04. The molecule has 0 aliphatic carbocycles. The number of benzene rings is 1. The molecule has 0 unspecified atom stereocenters. The van der Waals surface area contributed by atoms with Gasteiger partial charge in [-0.3, -0.25) is 9.36 Å². The van der Waals surface area contributed by atoms with Gasteiger partial charge in [-0.2, -0.15) is 0 Å². The molecule has 0 saturated heterocycles. The van der Waals surface area contributed by atoms with Crippen molar-refractivity contribution < 1.29 is 14.1 Å². The van der Waals surface area contributed by atoms with Gasteiger partial charge >= 0.3 is 0 Å². The number of carbonyl (C=O) groups is 1. The Morgan fingerprint density at radius 2 is 2.03 bits per heavy atom. The molecule has 0 fully saturated rings. The van der Waals surface area contributed by atoms with Gasteiger partial charge in [0.1, 0.15) is 11.8 Å². The zero-order valence-corrected chi connectivity index (χ0v) is 17.6. The molecule has 2 aromatic heterocycles. The first-order chi connectivity index (χ1) is 14.6. The monoisotopic (exact) mass is 409 g/mol. The van der Waals surface area contributed by atoms with Crippen LogP contribution in [0.1, 0.15) is 37.0 Å². The van der Waals surface area contributed by atoms with Gasteiger partial charge < -0.3 is 14.2 Å². The topological polar surface area (TPSA) is 86.3 Å². The molecule has 3 heterocycles. The van der Waals surface area contributed by atoms with Gasteiger partial charge in [0, 0.05) is 32.6 Å². The molecule has 30 heavy (non-hydrogen) atoms. The third-order valence-corrected chi connectivity index (χ3v) is 5.24. The summed E-state index contributed by atoms with van der Waals surface area (Å²) in [5.41, 5.74) is 1.69. The smallest absolute Gasteiger partial charge is 0.246 e. The summed E-state index contributed by atoms with van der Waals surface area (Å²) in [4.78, 5) is 15.2. The predicted octanol–water partition coefficient (Wildman–Crippen LogP) is 2.90. The zero-order chi connectivity index (χ0) is 21.1. The Balaban J connectivity index is 1.71. The Hall–Kier alpha value is -3.00. The van der Waals surface area contributed by atoms with Gasteiger partial charge in [-0.25, -0.2) is 0 Å². The zero-order valence-electron chi connectivity index (χ0n) is 17.6. The summed E-state index contributed by atoms with van der Waals surface area (Å²) in [5, 5.41) is 13.0. The number of aromatic nitrogens is 4. The van der Waals surface area contributed by atoms with Gasteiger partial charge in [-0.1, -0.05) is 49.3 Å². The van der Waals surface area contributed by atoms with E-state index in [1.807, 2.05) is 41.0 Å². The lowest BCUT2D eigenvalue weighted by atomic mass is 10.0. The summed E-state index contributed by atoms with van der Waals surface area (Å²) in [7, 11) is 1.63. The molecular formula is C22H27N5O3. The van der Waals surface area contributed by atoms with Crippen molar-refractivity contribution in [1.82, 2.24) is 24.8 Å². The molecule has 1 atom stereocenters. The van der Waals surface area contributed by atoms with Gasteiger partial charge in [0.25, 0.3) is 0 Å². The summed E-state index contributed by atoms with van der Waals surface area (Å²) < 4.78 is 12.6. The van der Waals surface area contributed by atoms with E-state index in [2.05, 4.69) is 29.2 Å². The molecule has 1 amide bonds. The number of amides is 1. The molecule has 8 heteroatoms. The lowest BCUT2D eigenvalue weighted by Crippen LogP contribution is -2.45. The molecule has 158 valence electrons. The second kappa shape index (κ2) is 8.79. The average Bonchev–Trinajstić information content (AvgIpc) is 3.36. The second-order valence-electron chi connectivity index (χ2n) is 8.04. The molecule has 1 aromatic carbocycles. The summed E-state index contributed by atoms with van der Waals surface area (Å²) in [6.45, 7) is 5.66. The van der Waals surface area contributed by atoms with Gasteiger partial charge in [-0.05, 0) is 11.5 Å². The number of carbonyl (C=O) groups excluding carboxylic acids is 1. The number of nitrogens with zero attached hydrogens (tertiary/aromatic N) is 5. The highest BCUT2D eigenvalue weighted by molar-refractivity contribution is 5.82. The normalized spacial score (nSPS) is 16.3. The molecule has 1 aliphatic heterocycles. The molecule has 1 aliphatic rings. The van der Waals surface area contributed by atoms with E-state index in [1.165, 1.54) is 0 Å². The highest BCUT2D eigenvalue weighted by Crippen LogP contribution is 2.31. The maximum atomic E-state index is 13.4. The largest absolute Gasteiger partial charge is 0.383 e. The molecule has 0 N–H and O–H groups in total. The van der Waals surface area contributed by atoms with Gasteiger partial charge in [0.15, 0.2) is 17.3 Å². The average molecular weight is 409 g/mol. The van der Waals surface area contributed by atoms with Crippen LogP contribution in [-0.4, -0.2) is 51.0 Å². The molecule has 4 rings (SSSR count). The van der Waals surface area contributed by atoms with Crippen molar-refractivity contribution in [2.24, 2.45) is 5.92 Å². The third-order valence-electron chi connectivity index (χ3n) is 5.24. The number of ether oxygens (including phenoxy) is 1. The minimum atomic E-state index is -0.441. The number of hydrogen-bond donors (Lipinski definition) is 0. The Labute approximate surface area is 175 Å².